The minimum atomic E-state index is -4.55. The van der Waals surface area contributed by atoms with Crippen molar-refractivity contribution in [2.45, 2.75) is 77.3 Å². The van der Waals surface area contributed by atoms with Gasteiger partial charge in [-0.05, 0) is 49.7 Å². The van der Waals surface area contributed by atoms with Crippen LogP contribution in [0.3, 0.4) is 0 Å². The van der Waals surface area contributed by atoms with Gasteiger partial charge in [0, 0.05) is 25.4 Å². The molecule has 15 heteroatoms. The van der Waals surface area contributed by atoms with Crippen molar-refractivity contribution in [1.29, 1.82) is 0 Å². The van der Waals surface area contributed by atoms with Crippen LogP contribution >= 0.6 is 11.6 Å². The normalized spacial score (nSPS) is 18.7. The molecule has 3 rings (SSSR count). The Hall–Kier alpha value is -2.48. The van der Waals surface area contributed by atoms with Gasteiger partial charge in [0.1, 0.15) is 20.8 Å². The summed E-state index contributed by atoms with van der Waals surface area (Å²) in [5, 5.41) is 2.13. The summed E-state index contributed by atoms with van der Waals surface area (Å²) in [6.07, 6.45) is -0.300. The van der Waals surface area contributed by atoms with E-state index in [2.05, 4.69) is 20.0 Å². The highest BCUT2D eigenvalue weighted by Gasteiger charge is 2.47. The molecule has 40 heavy (non-hydrogen) atoms. The lowest BCUT2D eigenvalue weighted by Gasteiger charge is -2.28. The Balaban J connectivity index is 1.86. The third-order valence-corrected chi connectivity index (χ3v) is 9.13. The number of aromatic nitrogens is 3. The van der Waals surface area contributed by atoms with Gasteiger partial charge < -0.3 is 10.1 Å². The first-order valence-electron chi connectivity index (χ1n) is 12.7. The van der Waals surface area contributed by atoms with Crippen molar-refractivity contribution >= 4 is 27.3 Å². The van der Waals surface area contributed by atoms with Crippen LogP contribution in [0.15, 0.2) is 12.3 Å². The Labute approximate surface area is 234 Å². The van der Waals surface area contributed by atoms with Crippen LogP contribution in [-0.2, 0) is 22.7 Å². The highest BCUT2D eigenvalue weighted by molar-refractivity contribution is 7.91. The molecule has 224 valence electrons. The predicted molar refractivity (Wildman–Crippen MR) is 139 cm³/mol. The summed E-state index contributed by atoms with van der Waals surface area (Å²) in [5.41, 5.74) is -2.33. The van der Waals surface area contributed by atoms with E-state index in [1.54, 1.807) is 6.92 Å². The van der Waals surface area contributed by atoms with Crippen LogP contribution in [-0.4, -0.2) is 59.7 Å². The Kier molecular flexibility index (Phi) is 9.75. The summed E-state index contributed by atoms with van der Waals surface area (Å²) in [5.74, 6) is -1.13. The summed E-state index contributed by atoms with van der Waals surface area (Å²) < 4.78 is 96.0. The number of halogens is 6. The van der Waals surface area contributed by atoms with E-state index in [1.807, 2.05) is 0 Å². The fraction of sp³-hybridized carbons (Fsp3) is 0.640. The number of carbonyl (C=O) groups is 1. The van der Waals surface area contributed by atoms with Crippen LogP contribution in [0.5, 0.6) is 5.75 Å². The molecular weight excluding hydrogens is 583 g/mol. The summed E-state index contributed by atoms with van der Waals surface area (Å²) in [6.45, 7) is 0.614. The van der Waals surface area contributed by atoms with Crippen molar-refractivity contribution in [3.05, 3.63) is 34.5 Å². The zero-order valence-electron chi connectivity index (χ0n) is 22.5. The standard InChI is InChI=1S/C25H32ClF5N4O4S/c1-5-18-34-19(22(36)33-12-14-6-8-16(9-7-14)40(4,37)38)20(26)35(18)21-17(39-23(27)28)10-15(13-32-21)11-24(2,3)25(29,30)31/h10,13-14,16,23H,5-9,11-12H2,1-4H3,(H,33,36). The van der Waals surface area contributed by atoms with Crippen LogP contribution in [0.4, 0.5) is 22.0 Å². The van der Waals surface area contributed by atoms with Gasteiger partial charge in [-0.15, -0.1) is 0 Å². The molecular formula is C25H32ClF5N4O4S. The Bertz CT molecular complexity index is 1320. The zero-order valence-corrected chi connectivity index (χ0v) is 24.1. The van der Waals surface area contributed by atoms with Gasteiger partial charge in [-0.3, -0.25) is 9.36 Å². The molecule has 1 N–H and O–H groups in total. The lowest BCUT2D eigenvalue weighted by molar-refractivity contribution is -0.211. The maximum absolute atomic E-state index is 13.4. The number of alkyl halides is 5. The quantitative estimate of drug-likeness (QED) is 0.352. The van der Waals surface area contributed by atoms with Gasteiger partial charge in [-0.25, -0.2) is 18.4 Å². The molecule has 0 saturated heterocycles. The van der Waals surface area contributed by atoms with Gasteiger partial charge >= 0.3 is 12.8 Å². The second kappa shape index (κ2) is 12.2. The Morgan fingerprint density at radius 2 is 1.85 bits per heavy atom. The van der Waals surface area contributed by atoms with Crippen molar-refractivity contribution < 1.29 is 39.9 Å². The predicted octanol–water partition coefficient (Wildman–Crippen LogP) is 5.55. The average Bonchev–Trinajstić information content (AvgIpc) is 3.17. The first kappa shape index (κ1) is 32.0. The van der Waals surface area contributed by atoms with E-state index in [0.29, 0.717) is 25.7 Å². The van der Waals surface area contributed by atoms with Crippen molar-refractivity contribution in [3.8, 4) is 11.6 Å². The van der Waals surface area contributed by atoms with E-state index < -0.39 is 46.1 Å². The number of amides is 1. The summed E-state index contributed by atoms with van der Waals surface area (Å²) in [6, 6.07) is 1.05. The van der Waals surface area contributed by atoms with Crippen molar-refractivity contribution in [1.82, 2.24) is 19.9 Å². The van der Waals surface area contributed by atoms with Crippen molar-refractivity contribution in [2.75, 3.05) is 12.8 Å². The number of imidazole rings is 1. The molecule has 2 aromatic heterocycles. The number of sulfone groups is 1. The summed E-state index contributed by atoms with van der Waals surface area (Å²) in [7, 11) is -3.12. The number of nitrogens with zero attached hydrogens (tertiary/aromatic N) is 3. The number of ether oxygens (including phenoxy) is 1. The third-order valence-electron chi connectivity index (χ3n) is 7.10. The van der Waals surface area contributed by atoms with Crippen LogP contribution in [0.25, 0.3) is 5.82 Å². The van der Waals surface area contributed by atoms with Gasteiger partial charge in [0.2, 0.25) is 0 Å². The molecule has 2 aromatic rings. The minimum absolute atomic E-state index is 0.0135. The molecule has 1 saturated carbocycles. The average molecular weight is 615 g/mol. The topological polar surface area (TPSA) is 103 Å². The van der Waals surface area contributed by atoms with Crippen LogP contribution in [0.2, 0.25) is 5.15 Å². The number of carbonyl (C=O) groups excluding carboxylic acids is 1. The van der Waals surface area contributed by atoms with Crippen molar-refractivity contribution in [2.24, 2.45) is 11.3 Å². The van der Waals surface area contributed by atoms with E-state index in [1.165, 1.54) is 6.26 Å². The minimum Gasteiger partial charge on any atom is -0.431 e. The number of pyridine rings is 1. The highest BCUT2D eigenvalue weighted by atomic mass is 35.5. The maximum Gasteiger partial charge on any atom is 0.394 e. The number of hydrogen-bond donors (Lipinski definition) is 1. The van der Waals surface area contributed by atoms with Gasteiger partial charge in [-0.1, -0.05) is 32.4 Å². The third kappa shape index (κ3) is 7.42. The summed E-state index contributed by atoms with van der Waals surface area (Å²) in [4.78, 5) is 21.3. The fourth-order valence-electron chi connectivity index (χ4n) is 4.66. The molecule has 1 aliphatic rings. The molecule has 8 nitrogen and oxygen atoms in total. The molecule has 0 aromatic carbocycles. The van der Waals surface area contributed by atoms with Crippen LogP contribution in [0.1, 0.15) is 68.3 Å². The second-order valence-corrected chi connectivity index (χ2v) is 13.3. The number of nitrogens with one attached hydrogen (secondary N) is 1. The van der Waals surface area contributed by atoms with Crippen LogP contribution < -0.4 is 10.1 Å². The monoisotopic (exact) mass is 614 g/mol. The lowest BCUT2D eigenvalue weighted by atomic mass is 9.85. The smallest absolute Gasteiger partial charge is 0.394 e. The van der Waals surface area contributed by atoms with Gasteiger partial charge in [0.05, 0.1) is 10.7 Å². The largest absolute Gasteiger partial charge is 0.431 e. The molecule has 0 spiro atoms. The Morgan fingerprint density at radius 1 is 1.23 bits per heavy atom. The molecule has 0 aliphatic heterocycles. The molecule has 0 radical (unpaired) electrons. The first-order chi connectivity index (χ1) is 18.4. The first-order valence-corrected chi connectivity index (χ1v) is 15.0. The molecule has 1 amide bonds. The number of hydrogen-bond acceptors (Lipinski definition) is 6. The van der Waals surface area contributed by atoms with E-state index >= 15 is 0 Å². The van der Waals surface area contributed by atoms with Crippen LogP contribution in [0, 0.1) is 11.3 Å². The highest BCUT2D eigenvalue weighted by Crippen LogP contribution is 2.41. The number of rotatable bonds is 10. The molecule has 0 unspecified atom stereocenters. The van der Waals surface area contributed by atoms with E-state index in [4.69, 9.17) is 11.6 Å². The van der Waals surface area contributed by atoms with E-state index in [9.17, 15) is 35.2 Å². The number of aryl methyl sites for hydroxylation is 1. The molecule has 1 fully saturated rings. The van der Waals surface area contributed by atoms with Crippen molar-refractivity contribution in [3.63, 3.8) is 0 Å². The summed E-state index contributed by atoms with van der Waals surface area (Å²) >= 11 is 6.48. The van der Waals surface area contributed by atoms with Gasteiger partial charge in [0.25, 0.3) is 5.91 Å². The molecule has 2 heterocycles. The second-order valence-electron chi connectivity index (χ2n) is 10.6. The van der Waals surface area contributed by atoms with E-state index in [-0.39, 0.29) is 52.2 Å². The SMILES string of the molecule is CCc1nc(C(=O)NCC2CCC(S(C)(=O)=O)CC2)c(Cl)n1-c1ncc(CC(C)(C)C(F)(F)F)cc1OC(F)F. The molecule has 0 bridgehead atoms. The molecule has 1 aliphatic carbocycles. The lowest BCUT2D eigenvalue weighted by Crippen LogP contribution is -2.34. The fourth-order valence-corrected chi connectivity index (χ4v) is 6.10. The Morgan fingerprint density at radius 3 is 2.38 bits per heavy atom. The molecule has 0 atom stereocenters. The van der Waals surface area contributed by atoms with Gasteiger partial charge in [0.15, 0.2) is 17.3 Å². The van der Waals surface area contributed by atoms with E-state index in [0.717, 1.165) is 30.7 Å². The zero-order chi connectivity index (χ0) is 30.0. The van der Waals surface area contributed by atoms with Gasteiger partial charge in [-0.2, -0.15) is 22.0 Å². The maximum atomic E-state index is 13.4.